The Morgan fingerprint density at radius 3 is 2.67 bits per heavy atom. The summed E-state index contributed by atoms with van der Waals surface area (Å²) in [6.45, 7) is 3.44. The molecule has 0 aliphatic rings. The van der Waals surface area contributed by atoms with Gasteiger partial charge in [-0.2, -0.15) is 0 Å². The van der Waals surface area contributed by atoms with Gasteiger partial charge in [-0.15, -0.1) is 0 Å². The number of nitrogens with zero attached hydrogens (tertiary/aromatic N) is 1. The monoisotopic (exact) mass is 216 g/mol. The third-order valence-corrected chi connectivity index (χ3v) is 2.32. The van der Waals surface area contributed by atoms with Crippen LogP contribution in [0.15, 0.2) is 0 Å². The lowest BCUT2D eigenvalue weighted by Gasteiger charge is -2.17. The van der Waals surface area contributed by atoms with E-state index in [4.69, 9.17) is 10.5 Å². The van der Waals surface area contributed by atoms with Crippen molar-refractivity contribution in [2.45, 2.75) is 38.6 Å². The normalized spacial score (nSPS) is 12.5. The first-order chi connectivity index (χ1) is 7.07. The van der Waals surface area contributed by atoms with Crippen molar-refractivity contribution in [2.75, 3.05) is 27.3 Å². The largest absolute Gasteiger partial charge is 0.385 e. The van der Waals surface area contributed by atoms with Gasteiger partial charge in [0.2, 0.25) is 5.91 Å². The van der Waals surface area contributed by atoms with E-state index >= 15 is 0 Å². The van der Waals surface area contributed by atoms with E-state index in [-0.39, 0.29) is 11.9 Å². The zero-order valence-corrected chi connectivity index (χ0v) is 10.2. The van der Waals surface area contributed by atoms with Crippen molar-refractivity contribution in [1.29, 1.82) is 0 Å². The van der Waals surface area contributed by atoms with Crippen LogP contribution >= 0.6 is 0 Å². The van der Waals surface area contributed by atoms with E-state index in [0.717, 1.165) is 25.8 Å². The van der Waals surface area contributed by atoms with Crippen molar-refractivity contribution in [3.05, 3.63) is 0 Å². The Morgan fingerprint density at radius 2 is 2.13 bits per heavy atom. The Labute approximate surface area is 92.8 Å². The second-order valence-corrected chi connectivity index (χ2v) is 4.03. The molecule has 1 amide bonds. The summed E-state index contributed by atoms with van der Waals surface area (Å²) in [7, 11) is 3.51. The van der Waals surface area contributed by atoms with Crippen LogP contribution in [0.2, 0.25) is 0 Å². The molecule has 0 aliphatic heterocycles. The number of ether oxygens (including phenoxy) is 1. The molecule has 0 spiro atoms. The van der Waals surface area contributed by atoms with Crippen LogP contribution in [0.5, 0.6) is 0 Å². The summed E-state index contributed by atoms with van der Waals surface area (Å²) in [4.78, 5) is 13.3. The molecule has 90 valence electrons. The van der Waals surface area contributed by atoms with Crippen molar-refractivity contribution >= 4 is 5.91 Å². The highest BCUT2D eigenvalue weighted by Gasteiger charge is 2.07. The third-order valence-electron chi connectivity index (χ3n) is 2.32. The second kappa shape index (κ2) is 8.68. The van der Waals surface area contributed by atoms with E-state index in [1.54, 1.807) is 12.0 Å². The molecule has 0 rings (SSSR count). The van der Waals surface area contributed by atoms with E-state index in [0.29, 0.717) is 13.0 Å². The first kappa shape index (κ1) is 14.4. The molecule has 0 radical (unpaired) electrons. The van der Waals surface area contributed by atoms with Crippen molar-refractivity contribution < 1.29 is 9.53 Å². The fourth-order valence-corrected chi connectivity index (χ4v) is 1.34. The van der Waals surface area contributed by atoms with Gasteiger partial charge >= 0.3 is 0 Å². The zero-order chi connectivity index (χ0) is 11.7. The molecule has 0 aromatic heterocycles. The van der Waals surface area contributed by atoms with Gasteiger partial charge < -0.3 is 15.4 Å². The van der Waals surface area contributed by atoms with Crippen LogP contribution in [0, 0.1) is 0 Å². The maximum Gasteiger partial charge on any atom is 0.222 e. The number of carbonyl (C=O) groups is 1. The van der Waals surface area contributed by atoms with Gasteiger partial charge in [0, 0.05) is 39.8 Å². The molecule has 1 unspecified atom stereocenters. The van der Waals surface area contributed by atoms with Gasteiger partial charge in [-0.25, -0.2) is 0 Å². The van der Waals surface area contributed by atoms with E-state index in [9.17, 15) is 4.79 Å². The van der Waals surface area contributed by atoms with Gasteiger partial charge in [0.15, 0.2) is 0 Å². The molecule has 0 heterocycles. The number of methoxy groups -OCH3 is 1. The molecule has 0 fully saturated rings. The molecule has 0 aliphatic carbocycles. The van der Waals surface area contributed by atoms with Gasteiger partial charge in [-0.05, 0) is 26.2 Å². The summed E-state index contributed by atoms with van der Waals surface area (Å²) < 4.78 is 4.93. The van der Waals surface area contributed by atoms with Gasteiger partial charge in [0.25, 0.3) is 0 Å². The third kappa shape index (κ3) is 8.39. The van der Waals surface area contributed by atoms with E-state index in [1.165, 1.54) is 0 Å². The number of rotatable bonds is 8. The number of hydrogen-bond donors (Lipinski definition) is 1. The van der Waals surface area contributed by atoms with Crippen molar-refractivity contribution in [2.24, 2.45) is 5.73 Å². The summed E-state index contributed by atoms with van der Waals surface area (Å²) >= 11 is 0. The van der Waals surface area contributed by atoms with Crippen LogP contribution in [0.4, 0.5) is 0 Å². The quantitative estimate of drug-likeness (QED) is 0.616. The van der Waals surface area contributed by atoms with E-state index in [2.05, 4.69) is 0 Å². The first-order valence-corrected chi connectivity index (χ1v) is 5.56. The molecule has 0 bridgehead atoms. The van der Waals surface area contributed by atoms with E-state index < -0.39 is 0 Å². The van der Waals surface area contributed by atoms with Gasteiger partial charge in [0.05, 0.1) is 0 Å². The predicted molar refractivity (Wildman–Crippen MR) is 61.6 cm³/mol. The molecule has 0 saturated carbocycles. The highest BCUT2D eigenvalue weighted by molar-refractivity contribution is 5.75. The molecule has 0 aromatic rings. The molecule has 1 atom stereocenters. The molecule has 15 heavy (non-hydrogen) atoms. The summed E-state index contributed by atoms with van der Waals surface area (Å²) in [6, 6.07) is 0.191. The molecule has 2 N–H and O–H groups in total. The molecule has 0 aromatic carbocycles. The molecule has 4 nitrogen and oxygen atoms in total. The standard InChI is InChI=1S/C11H24N2O2/c1-10(12)6-4-7-11(14)13(2)8-5-9-15-3/h10H,4-9,12H2,1-3H3. The smallest absolute Gasteiger partial charge is 0.222 e. The van der Waals surface area contributed by atoms with Crippen LogP contribution in [0.25, 0.3) is 0 Å². The number of hydrogen-bond acceptors (Lipinski definition) is 3. The fraction of sp³-hybridized carbons (Fsp3) is 0.909. The second-order valence-electron chi connectivity index (χ2n) is 4.03. The van der Waals surface area contributed by atoms with Crippen molar-refractivity contribution in [3.63, 3.8) is 0 Å². The Balaban J connectivity index is 3.51. The van der Waals surface area contributed by atoms with Crippen molar-refractivity contribution in [1.82, 2.24) is 4.90 Å². The lowest BCUT2D eigenvalue weighted by molar-refractivity contribution is -0.130. The number of amides is 1. The van der Waals surface area contributed by atoms with Gasteiger partial charge in [-0.3, -0.25) is 4.79 Å². The van der Waals surface area contributed by atoms with Crippen molar-refractivity contribution in [3.8, 4) is 0 Å². The molecule has 4 heteroatoms. The fourth-order valence-electron chi connectivity index (χ4n) is 1.34. The molecular weight excluding hydrogens is 192 g/mol. The summed E-state index contributed by atoms with van der Waals surface area (Å²) in [5, 5.41) is 0. The minimum absolute atomic E-state index is 0.191. The Kier molecular flexibility index (Phi) is 8.33. The summed E-state index contributed by atoms with van der Waals surface area (Å²) in [5.41, 5.74) is 5.61. The average molecular weight is 216 g/mol. The molecule has 0 saturated heterocycles. The highest BCUT2D eigenvalue weighted by Crippen LogP contribution is 2.02. The van der Waals surface area contributed by atoms with Crippen LogP contribution in [0.3, 0.4) is 0 Å². The summed E-state index contributed by atoms with van der Waals surface area (Å²) in [6.07, 6.45) is 3.29. The molecular formula is C11H24N2O2. The first-order valence-electron chi connectivity index (χ1n) is 5.56. The number of nitrogens with two attached hydrogens (primary N) is 1. The average Bonchev–Trinajstić information content (AvgIpc) is 2.17. The Morgan fingerprint density at radius 1 is 1.47 bits per heavy atom. The van der Waals surface area contributed by atoms with Gasteiger partial charge in [-0.1, -0.05) is 0 Å². The minimum Gasteiger partial charge on any atom is -0.385 e. The SMILES string of the molecule is COCCCN(C)C(=O)CCCC(C)N. The Bertz CT molecular complexity index is 172. The zero-order valence-electron chi connectivity index (χ0n) is 10.2. The minimum atomic E-state index is 0.191. The maximum absolute atomic E-state index is 11.6. The van der Waals surface area contributed by atoms with Crippen LogP contribution in [-0.2, 0) is 9.53 Å². The lowest BCUT2D eigenvalue weighted by Crippen LogP contribution is -2.28. The van der Waals surface area contributed by atoms with Gasteiger partial charge in [0.1, 0.15) is 0 Å². The van der Waals surface area contributed by atoms with Crippen LogP contribution in [-0.4, -0.2) is 44.2 Å². The topological polar surface area (TPSA) is 55.6 Å². The van der Waals surface area contributed by atoms with E-state index in [1.807, 2.05) is 14.0 Å². The predicted octanol–water partition coefficient (Wildman–Crippen LogP) is 0.999. The van der Waals surface area contributed by atoms with Crippen LogP contribution < -0.4 is 5.73 Å². The summed E-state index contributed by atoms with van der Waals surface area (Å²) in [5.74, 6) is 0.201. The highest BCUT2D eigenvalue weighted by atomic mass is 16.5. The van der Waals surface area contributed by atoms with Crippen LogP contribution in [0.1, 0.15) is 32.6 Å². The maximum atomic E-state index is 11.6. The Hall–Kier alpha value is -0.610. The number of carbonyl (C=O) groups excluding carboxylic acids is 1. The lowest BCUT2D eigenvalue weighted by atomic mass is 10.1.